The van der Waals surface area contributed by atoms with Crippen molar-refractivity contribution in [1.29, 1.82) is 0 Å². The molecule has 136 valence electrons. The zero-order valence-corrected chi connectivity index (χ0v) is 15.5. The molecule has 7 heteroatoms. The summed E-state index contributed by atoms with van der Waals surface area (Å²) in [4.78, 5) is 35.2. The van der Waals surface area contributed by atoms with Gasteiger partial charge in [0, 0.05) is 35.8 Å². The highest BCUT2D eigenvalue weighted by atomic mass is 35.5. The number of benzene rings is 2. The molecule has 3 amide bonds. The van der Waals surface area contributed by atoms with Gasteiger partial charge in [-0.05, 0) is 42.8 Å². The molecule has 0 radical (unpaired) electrons. The first-order valence-electron chi connectivity index (χ1n) is 8.01. The van der Waals surface area contributed by atoms with Gasteiger partial charge in [-0.1, -0.05) is 23.7 Å². The van der Waals surface area contributed by atoms with Crippen LogP contribution in [-0.4, -0.2) is 17.7 Å². The van der Waals surface area contributed by atoms with Gasteiger partial charge >= 0.3 is 0 Å². The Morgan fingerprint density at radius 3 is 1.85 bits per heavy atom. The molecule has 1 atom stereocenters. The number of rotatable bonds is 5. The van der Waals surface area contributed by atoms with Crippen molar-refractivity contribution in [3.63, 3.8) is 0 Å². The zero-order chi connectivity index (χ0) is 19.3. The molecule has 2 aromatic carbocycles. The molecule has 6 nitrogen and oxygen atoms in total. The first-order chi connectivity index (χ1) is 12.2. The lowest BCUT2D eigenvalue weighted by Gasteiger charge is -2.16. The summed E-state index contributed by atoms with van der Waals surface area (Å²) in [6, 6.07) is 11.6. The quantitative estimate of drug-likeness (QED) is 0.745. The second kappa shape index (κ2) is 8.49. The number of halogens is 1. The summed E-state index contributed by atoms with van der Waals surface area (Å²) in [7, 11) is 0. The Labute approximate surface area is 156 Å². The van der Waals surface area contributed by atoms with E-state index >= 15 is 0 Å². The Balaban J connectivity index is 2.23. The van der Waals surface area contributed by atoms with E-state index in [1.807, 2.05) is 19.1 Å². The highest BCUT2D eigenvalue weighted by molar-refractivity contribution is 6.30. The molecule has 1 unspecified atom stereocenters. The summed E-state index contributed by atoms with van der Waals surface area (Å²) >= 11 is 5.88. The summed E-state index contributed by atoms with van der Waals surface area (Å²) in [6.07, 6.45) is 0. The maximum absolute atomic E-state index is 12.6. The van der Waals surface area contributed by atoms with Crippen LogP contribution in [0.5, 0.6) is 0 Å². The van der Waals surface area contributed by atoms with Crippen LogP contribution < -0.4 is 16.0 Å². The number of nitrogens with one attached hydrogen (secondary N) is 3. The van der Waals surface area contributed by atoms with Crippen LogP contribution in [0.3, 0.4) is 0 Å². The van der Waals surface area contributed by atoms with Crippen LogP contribution in [0.2, 0.25) is 5.02 Å². The van der Waals surface area contributed by atoms with E-state index in [1.54, 1.807) is 30.3 Å². The van der Waals surface area contributed by atoms with Gasteiger partial charge in [0.15, 0.2) is 0 Å². The van der Waals surface area contributed by atoms with Crippen molar-refractivity contribution in [2.75, 3.05) is 10.6 Å². The summed E-state index contributed by atoms with van der Waals surface area (Å²) in [6.45, 7) is 4.59. The van der Waals surface area contributed by atoms with Gasteiger partial charge in [0.2, 0.25) is 11.8 Å². The molecule has 26 heavy (non-hydrogen) atoms. The first-order valence-corrected chi connectivity index (χ1v) is 8.39. The monoisotopic (exact) mass is 373 g/mol. The molecule has 0 saturated heterocycles. The molecule has 2 aromatic rings. The Morgan fingerprint density at radius 1 is 0.885 bits per heavy atom. The molecule has 0 spiro atoms. The van der Waals surface area contributed by atoms with Gasteiger partial charge in [0.05, 0.1) is 6.04 Å². The number of carbonyl (C=O) groups is 3. The Bertz CT molecular complexity index is 800. The minimum absolute atomic E-state index is 0.242. The minimum atomic E-state index is -0.328. The predicted octanol–water partition coefficient (Wildman–Crippen LogP) is 3.75. The number of hydrogen-bond acceptors (Lipinski definition) is 3. The van der Waals surface area contributed by atoms with E-state index in [0.29, 0.717) is 22.0 Å². The maximum Gasteiger partial charge on any atom is 0.251 e. The van der Waals surface area contributed by atoms with Gasteiger partial charge in [0.25, 0.3) is 5.91 Å². The number of anilines is 2. The lowest BCUT2D eigenvalue weighted by molar-refractivity contribution is -0.115. The molecule has 0 aliphatic carbocycles. The van der Waals surface area contributed by atoms with Crippen molar-refractivity contribution >= 4 is 40.7 Å². The largest absolute Gasteiger partial charge is 0.346 e. The summed E-state index contributed by atoms with van der Waals surface area (Å²) < 4.78 is 0. The third-order valence-corrected chi connectivity index (χ3v) is 3.81. The normalized spacial score (nSPS) is 11.4. The highest BCUT2D eigenvalue weighted by Gasteiger charge is 2.14. The second-order valence-corrected chi connectivity index (χ2v) is 6.34. The van der Waals surface area contributed by atoms with Crippen molar-refractivity contribution in [1.82, 2.24) is 5.32 Å². The van der Waals surface area contributed by atoms with Crippen LogP contribution in [0.25, 0.3) is 0 Å². The van der Waals surface area contributed by atoms with E-state index in [9.17, 15) is 14.4 Å². The van der Waals surface area contributed by atoms with Crippen LogP contribution >= 0.6 is 11.6 Å². The van der Waals surface area contributed by atoms with E-state index in [-0.39, 0.29) is 23.8 Å². The minimum Gasteiger partial charge on any atom is -0.346 e. The van der Waals surface area contributed by atoms with Gasteiger partial charge in [0.1, 0.15) is 0 Å². The van der Waals surface area contributed by atoms with Gasteiger partial charge in [-0.25, -0.2) is 0 Å². The molecule has 0 bridgehead atoms. The molecule has 0 fully saturated rings. The topological polar surface area (TPSA) is 87.3 Å². The third kappa shape index (κ3) is 5.60. The molecule has 0 aromatic heterocycles. The third-order valence-electron chi connectivity index (χ3n) is 3.55. The molecule has 0 saturated carbocycles. The predicted molar refractivity (Wildman–Crippen MR) is 102 cm³/mol. The second-order valence-electron chi connectivity index (χ2n) is 5.91. The van der Waals surface area contributed by atoms with Gasteiger partial charge in [-0.3, -0.25) is 14.4 Å². The summed E-state index contributed by atoms with van der Waals surface area (Å²) in [5, 5.41) is 8.75. The van der Waals surface area contributed by atoms with E-state index in [4.69, 9.17) is 11.6 Å². The average molecular weight is 374 g/mol. The number of carbonyl (C=O) groups excluding carboxylic acids is 3. The number of hydrogen-bond donors (Lipinski definition) is 3. The van der Waals surface area contributed by atoms with Crippen LogP contribution in [0.4, 0.5) is 11.4 Å². The van der Waals surface area contributed by atoms with Crippen LogP contribution in [-0.2, 0) is 9.59 Å². The van der Waals surface area contributed by atoms with Gasteiger partial charge in [-0.15, -0.1) is 0 Å². The van der Waals surface area contributed by atoms with E-state index < -0.39 is 0 Å². The molecular formula is C19H20ClN3O3. The van der Waals surface area contributed by atoms with E-state index in [0.717, 1.165) is 5.56 Å². The highest BCUT2D eigenvalue weighted by Crippen LogP contribution is 2.21. The van der Waals surface area contributed by atoms with Crippen molar-refractivity contribution < 1.29 is 14.4 Å². The SMILES string of the molecule is CC(=O)Nc1cc(NC(C)=O)cc(C(=O)NC(C)c2ccc(Cl)cc2)c1. The molecule has 0 heterocycles. The van der Waals surface area contributed by atoms with Crippen LogP contribution in [0, 0.1) is 0 Å². The first kappa shape index (κ1) is 19.5. The summed E-state index contributed by atoms with van der Waals surface area (Å²) in [5.74, 6) is -0.872. The van der Waals surface area contributed by atoms with Crippen molar-refractivity contribution in [3.8, 4) is 0 Å². The molecule has 0 aliphatic rings. The van der Waals surface area contributed by atoms with E-state index in [1.165, 1.54) is 13.8 Å². The standard InChI is InChI=1S/C19H20ClN3O3/c1-11(14-4-6-16(20)7-5-14)21-19(26)15-8-17(22-12(2)24)10-18(9-15)23-13(3)25/h4-11H,1-3H3,(H,21,26)(H,22,24)(H,23,25). The average Bonchev–Trinajstić information content (AvgIpc) is 2.53. The fourth-order valence-electron chi connectivity index (χ4n) is 2.42. The Hall–Kier alpha value is -2.86. The van der Waals surface area contributed by atoms with E-state index in [2.05, 4.69) is 16.0 Å². The number of amides is 3. The fraction of sp³-hybridized carbons (Fsp3) is 0.211. The van der Waals surface area contributed by atoms with Gasteiger partial charge in [-0.2, -0.15) is 0 Å². The Kier molecular flexibility index (Phi) is 6.36. The zero-order valence-electron chi connectivity index (χ0n) is 14.7. The van der Waals surface area contributed by atoms with Gasteiger partial charge < -0.3 is 16.0 Å². The Morgan fingerprint density at radius 2 is 1.38 bits per heavy atom. The van der Waals surface area contributed by atoms with Crippen molar-refractivity contribution in [3.05, 3.63) is 58.6 Å². The maximum atomic E-state index is 12.6. The van der Waals surface area contributed by atoms with Crippen LogP contribution in [0.1, 0.15) is 42.7 Å². The molecule has 3 N–H and O–H groups in total. The molecular weight excluding hydrogens is 354 g/mol. The molecule has 2 rings (SSSR count). The molecule has 0 aliphatic heterocycles. The lowest BCUT2D eigenvalue weighted by atomic mass is 10.1. The fourth-order valence-corrected chi connectivity index (χ4v) is 2.55. The van der Waals surface area contributed by atoms with Crippen molar-refractivity contribution in [2.45, 2.75) is 26.8 Å². The van der Waals surface area contributed by atoms with Crippen molar-refractivity contribution in [2.24, 2.45) is 0 Å². The summed E-state index contributed by atoms with van der Waals surface area (Å²) in [5.41, 5.74) is 2.07. The lowest BCUT2D eigenvalue weighted by Crippen LogP contribution is -2.27. The smallest absolute Gasteiger partial charge is 0.251 e. The van der Waals surface area contributed by atoms with Crippen LogP contribution in [0.15, 0.2) is 42.5 Å².